The minimum Gasteiger partial charge on any atom is -0.497 e. The zero-order valence-corrected chi connectivity index (χ0v) is 16.7. The van der Waals surface area contributed by atoms with Gasteiger partial charge in [0.1, 0.15) is 5.75 Å². The fourth-order valence-electron chi connectivity index (χ4n) is 3.32. The van der Waals surface area contributed by atoms with E-state index < -0.39 is 0 Å². The first-order chi connectivity index (χ1) is 13.6. The molecule has 0 spiro atoms. The molecule has 148 valence electrons. The lowest BCUT2D eigenvalue weighted by Crippen LogP contribution is -2.41. The van der Waals surface area contributed by atoms with Crippen molar-refractivity contribution in [3.63, 3.8) is 0 Å². The van der Waals surface area contributed by atoms with Gasteiger partial charge in [0.25, 0.3) is 5.91 Å². The first kappa shape index (κ1) is 20.1. The van der Waals surface area contributed by atoms with Gasteiger partial charge in [-0.05, 0) is 48.6 Å². The number of hydrogen-bond donors (Lipinski definition) is 1. The normalized spacial score (nSPS) is 14.5. The standard InChI is InChI=1S/C21H24N2O4S/c1-27-18-4-2-15(3-5-18)20(25)16-7-11-23(12-8-16)19(24)6-10-22-21(26)17-9-13-28-14-17/h2-5,9,13-14,16H,6-8,10-12H2,1H3,(H,22,26). The number of thiophene rings is 1. The molecular weight excluding hydrogens is 376 g/mol. The lowest BCUT2D eigenvalue weighted by Gasteiger charge is -2.31. The van der Waals surface area contributed by atoms with Crippen LogP contribution in [-0.2, 0) is 4.79 Å². The number of amides is 2. The number of hydrogen-bond acceptors (Lipinski definition) is 5. The second-order valence-corrected chi connectivity index (χ2v) is 7.55. The zero-order chi connectivity index (χ0) is 19.9. The minimum absolute atomic E-state index is 0.0148. The third-order valence-electron chi connectivity index (χ3n) is 5.00. The Hall–Kier alpha value is -2.67. The van der Waals surface area contributed by atoms with E-state index in [4.69, 9.17) is 4.74 Å². The molecule has 2 aromatic rings. The van der Waals surface area contributed by atoms with Gasteiger partial charge in [-0.3, -0.25) is 14.4 Å². The van der Waals surface area contributed by atoms with E-state index in [0.717, 1.165) is 5.75 Å². The number of carbonyl (C=O) groups excluding carboxylic acids is 3. The predicted octanol–water partition coefficient (Wildman–Crippen LogP) is 3.00. The molecule has 0 radical (unpaired) electrons. The summed E-state index contributed by atoms with van der Waals surface area (Å²) in [6.07, 6.45) is 1.60. The molecule has 2 amide bonds. The molecule has 0 atom stereocenters. The molecule has 0 aliphatic carbocycles. The summed E-state index contributed by atoms with van der Waals surface area (Å²) in [6, 6.07) is 8.91. The molecule has 0 unspecified atom stereocenters. The number of Topliss-reactive ketones (excluding diaryl/α,β-unsaturated/α-hetero) is 1. The van der Waals surface area contributed by atoms with Gasteiger partial charge in [0, 0.05) is 48.5 Å². The Bertz CT molecular complexity index is 809. The molecule has 6 nitrogen and oxygen atoms in total. The molecule has 1 aromatic heterocycles. The van der Waals surface area contributed by atoms with E-state index in [1.165, 1.54) is 11.3 Å². The Balaban J connectivity index is 1.42. The van der Waals surface area contributed by atoms with E-state index in [1.54, 1.807) is 47.7 Å². The van der Waals surface area contributed by atoms with Crippen LogP contribution in [0.15, 0.2) is 41.1 Å². The summed E-state index contributed by atoms with van der Waals surface area (Å²) < 4.78 is 5.12. The van der Waals surface area contributed by atoms with Crippen molar-refractivity contribution in [1.29, 1.82) is 0 Å². The lowest BCUT2D eigenvalue weighted by molar-refractivity contribution is -0.132. The third kappa shape index (κ3) is 4.98. The molecule has 0 saturated carbocycles. The summed E-state index contributed by atoms with van der Waals surface area (Å²) in [4.78, 5) is 38.7. The number of carbonyl (C=O) groups is 3. The fraction of sp³-hybridized carbons (Fsp3) is 0.381. The molecule has 1 N–H and O–H groups in total. The van der Waals surface area contributed by atoms with Gasteiger partial charge in [0.05, 0.1) is 7.11 Å². The van der Waals surface area contributed by atoms with Crippen molar-refractivity contribution in [2.75, 3.05) is 26.7 Å². The van der Waals surface area contributed by atoms with Crippen molar-refractivity contribution < 1.29 is 19.1 Å². The van der Waals surface area contributed by atoms with Gasteiger partial charge in [0.15, 0.2) is 5.78 Å². The first-order valence-corrected chi connectivity index (χ1v) is 10.3. The predicted molar refractivity (Wildman–Crippen MR) is 108 cm³/mol. The third-order valence-corrected chi connectivity index (χ3v) is 5.68. The van der Waals surface area contributed by atoms with Crippen LogP contribution in [0.25, 0.3) is 0 Å². The van der Waals surface area contributed by atoms with Gasteiger partial charge in [-0.1, -0.05) is 0 Å². The highest BCUT2D eigenvalue weighted by Gasteiger charge is 2.27. The number of piperidine rings is 1. The van der Waals surface area contributed by atoms with E-state index in [2.05, 4.69) is 5.32 Å². The molecule has 28 heavy (non-hydrogen) atoms. The Kier molecular flexibility index (Phi) is 6.81. The number of ketones is 1. The maximum Gasteiger partial charge on any atom is 0.252 e. The van der Waals surface area contributed by atoms with Crippen LogP contribution in [0.3, 0.4) is 0 Å². The van der Waals surface area contributed by atoms with Gasteiger partial charge in [-0.2, -0.15) is 11.3 Å². The zero-order valence-electron chi connectivity index (χ0n) is 15.8. The van der Waals surface area contributed by atoms with Crippen LogP contribution in [0.4, 0.5) is 0 Å². The van der Waals surface area contributed by atoms with Crippen LogP contribution in [0.5, 0.6) is 5.75 Å². The summed E-state index contributed by atoms with van der Waals surface area (Å²) in [6.45, 7) is 1.46. The number of rotatable bonds is 7. The average molecular weight is 401 g/mol. The van der Waals surface area contributed by atoms with Gasteiger partial charge in [0.2, 0.25) is 5.91 Å². The second-order valence-electron chi connectivity index (χ2n) is 6.77. The molecular formula is C21H24N2O4S. The van der Waals surface area contributed by atoms with Crippen LogP contribution < -0.4 is 10.1 Å². The van der Waals surface area contributed by atoms with E-state index in [1.807, 2.05) is 5.38 Å². The number of methoxy groups -OCH3 is 1. The molecule has 1 fully saturated rings. The summed E-state index contributed by atoms with van der Waals surface area (Å²) >= 11 is 1.46. The van der Waals surface area contributed by atoms with Crippen molar-refractivity contribution in [2.45, 2.75) is 19.3 Å². The number of nitrogens with one attached hydrogen (secondary N) is 1. The number of likely N-dealkylation sites (tertiary alicyclic amines) is 1. The van der Waals surface area contributed by atoms with Crippen molar-refractivity contribution in [1.82, 2.24) is 10.2 Å². The van der Waals surface area contributed by atoms with E-state index in [0.29, 0.717) is 43.6 Å². The van der Waals surface area contributed by atoms with E-state index >= 15 is 0 Å². The minimum atomic E-state index is -0.155. The number of benzene rings is 1. The Morgan fingerprint density at radius 1 is 1.11 bits per heavy atom. The van der Waals surface area contributed by atoms with Crippen LogP contribution in [0.1, 0.15) is 40.0 Å². The summed E-state index contributed by atoms with van der Waals surface area (Å²) in [5.41, 5.74) is 1.30. The largest absolute Gasteiger partial charge is 0.497 e. The van der Waals surface area contributed by atoms with E-state index in [-0.39, 0.29) is 29.9 Å². The summed E-state index contributed by atoms with van der Waals surface area (Å²) in [5.74, 6) is 0.649. The average Bonchev–Trinajstić information content (AvgIpc) is 3.28. The Morgan fingerprint density at radius 3 is 2.43 bits per heavy atom. The molecule has 1 aliphatic rings. The maximum absolute atomic E-state index is 12.6. The topological polar surface area (TPSA) is 75.7 Å². The highest BCUT2D eigenvalue weighted by molar-refractivity contribution is 7.08. The molecule has 7 heteroatoms. The molecule has 1 aromatic carbocycles. The smallest absolute Gasteiger partial charge is 0.252 e. The van der Waals surface area contributed by atoms with Crippen molar-refractivity contribution >= 4 is 28.9 Å². The Morgan fingerprint density at radius 2 is 1.82 bits per heavy atom. The van der Waals surface area contributed by atoms with Gasteiger partial charge in [-0.15, -0.1) is 0 Å². The van der Waals surface area contributed by atoms with Crippen LogP contribution in [0, 0.1) is 5.92 Å². The summed E-state index contributed by atoms with van der Waals surface area (Å²) in [5, 5.41) is 6.39. The van der Waals surface area contributed by atoms with Crippen molar-refractivity contribution in [3.8, 4) is 5.75 Å². The molecule has 1 saturated heterocycles. The van der Waals surface area contributed by atoms with Gasteiger partial charge >= 0.3 is 0 Å². The van der Waals surface area contributed by atoms with Crippen LogP contribution in [0.2, 0.25) is 0 Å². The quantitative estimate of drug-likeness (QED) is 0.725. The van der Waals surface area contributed by atoms with Crippen LogP contribution >= 0.6 is 11.3 Å². The fourth-order valence-corrected chi connectivity index (χ4v) is 3.95. The number of nitrogens with zero attached hydrogens (tertiary/aromatic N) is 1. The van der Waals surface area contributed by atoms with Crippen LogP contribution in [-0.4, -0.2) is 49.2 Å². The highest BCUT2D eigenvalue weighted by Crippen LogP contribution is 2.23. The lowest BCUT2D eigenvalue weighted by atomic mass is 9.89. The van der Waals surface area contributed by atoms with Gasteiger partial charge < -0.3 is 15.0 Å². The van der Waals surface area contributed by atoms with Crippen molar-refractivity contribution in [3.05, 3.63) is 52.2 Å². The SMILES string of the molecule is COc1ccc(C(=O)C2CCN(C(=O)CCNC(=O)c3ccsc3)CC2)cc1. The second kappa shape index (κ2) is 9.50. The summed E-state index contributed by atoms with van der Waals surface area (Å²) in [7, 11) is 1.59. The number of ether oxygens (including phenoxy) is 1. The first-order valence-electron chi connectivity index (χ1n) is 9.35. The Labute approximate surface area is 168 Å². The molecule has 2 heterocycles. The molecule has 3 rings (SSSR count). The van der Waals surface area contributed by atoms with E-state index in [9.17, 15) is 14.4 Å². The highest BCUT2D eigenvalue weighted by atomic mass is 32.1. The van der Waals surface area contributed by atoms with Gasteiger partial charge in [-0.25, -0.2) is 0 Å². The van der Waals surface area contributed by atoms with Crippen molar-refractivity contribution in [2.24, 2.45) is 5.92 Å². The monoisotopic (exact) mass is 400 g/mol. The molecule has 1 aliphatic heterocycles. The molecule has 0 bridgehead atoms. The maximum atomic E-state index is 12.6.